The molecule has 2 aromatic rings. The largest absolute Gasteiger partial charge is 0.464 e. The number of ether oxygens (including phenoxy) is 2. The molecule has 1 heterocycles. The molecule has 0 radical (unpaired) electrons. The number of hydrogen-bond donors (Lipinski definition) is 1. The van der Waals surface area contributed by atoms with E-state index in [0.717, 1.165) is 5.39 Å². The third-order valence-electron chi connectivity index (χ3n) is 2.97. The van der Waals surface area contributed by atoms with Crippen molar-refractivity contribution in [3.8, 4) is 0 Å². The van der Waals surface area contributed by atoms with Crippen LogP contribution in [0.1, 0.15) is 24.4 Å². The van der Waals surface area contributed by atoms with Gasteiger partial charge in [0.15, 0.2) is 5.76 Å². The molecule has 2 rings (SSSR count). The highest BCUT2D eigenvalue weighted by Crippen LogP contribution is 2.18. The molecule has 0 aliphatic carbocycles. The summed E-state index contributed by atoms with van der Waals surface area (Å²) < 4.78 is 15.0. The van der Waals surface area contributed by atoms with E-state index in [4.69, 9.17) is 13.9 Å². The lowest BCUT2D eigenvalue weighted by molar-refractivity contribution is -0.157. The van der Waals surface area contributed by atoms with Crippen LogP contribution in [0.15, 0.2) is 34.7 Å². The number of nitrogens with one attached hydrogen (secondary N) is 1. The summed E-state index contributed by atoms with van der Waals surface area (Å²) in [5.41, 5.74) is 0.529. The average Bonchev–Trinajstić information content (AvgIpc) is 2.96. The number of esters is 2. The summed E-state index contributed by atoms with van der Waals surface area (Å²) in [4.78, 5) is 35.9. The zero-order valence-corrected chi connectivity index (χ0v) is 12.8. The van der Waals surface area contributed by atoms with Crippen LogP contribution in [0.25, 0.3) is 11.0 Å². The molecule has 0 atom stereocenters. The van der Waals surface area contributed by atoms with Crippen LogP contribution in [0, 0.1) is 0 Å². The first kappa shape index (κ1) is 16.5. The second-order valence-electron chi connectivity index (χ2n) is 4.56. The van der Waals surface area contributed by atoms with Gasteiger partial charge in [0.1, 0.15) is 5.58 Å². The molecule has 0 saturated carbocycles. The molecule has 1 aromatic carbocycles. The van der Waals surface area contributed by atoms with Crippen molar-refractivity contribution in [1.29, 1.82) is 0 Å². The van der Waals surface area contributed by atoms with Gasteiger partial charge < -0.3 is 19.2 Å². The van der Waals surface area contributed by atoms with Gasteiger partial charge in [0, 0.05) is 5.39 Å². The van der Waals surface area contributed by atoms with Crippen molar-refractivity contribution in [3.63, 3.8) is 0 Å². The SMILES string of the molecule is CCOC(=O)C(NC(=O)c1cc2ccccc2o1)C(=O)OCC. The van der Waals surface area contributed by atoms with Crippen molar-refractivity contribution in [2.45, 2.75) is 19.9 Å². The minimum Gasteiger partial charge on any atom is -0.464 e. The number of carbonyl (C=O) groups excluding carboxylic acids is 3. The van der Waals surface area contributed by atoms with Crippen LogP contribution in [0.3, 0.4) is 0 Å². The Balaban J connectivity index is 2.18. The minimum absolute atomic E-state index is 0.00945. The zero-order valence-electron chi connectivity index (χ0n) is 12.8. The van der Waals surface area contributed by atoms with Crippen LogP contribution < -0.4 is 5.32 Å². The molecule has 122 valence electrons. The summed E-state index contributed by atoms with van der Waals surface area (Å²) >= 11 is 0. The zero-order chi connectivity index (χ0) is 16.8. The Morgan fingerprint density at radius 1 is 1.09 bits per heavy atom. The number of hydrogen-bond acceptors (Lipinski definition) is 6. The lowest BCUT2D eigenvalue weighted by Gasteiger charge is -2.15. The second-order valence-corrected chi connectivity index (χ2v) is 4.56. The normalized spacial score (nSPS) is 10.6. The van der Waals surface area contributed by atoms with Gasteiger partial charge in [-0.3, -0.25) is 4.79 Å². The summed E-state index contributed by atoms with van der Waals surface area (Å²) in [7, 11) is 0. The van der Waals surface area contributed by atoms with Crippen molar-refractivity contribution < 1.29 is 28.3 Å². The number of benzene rings is 1. The fourth-order valence-electron chi connectivity index (χ4n) is 1.96. The highest BCUT2D eigenvalue weighted by Gasteiger charge is 2.32. The molecule has 0 aliphatic heterocycles. The van der Waals surface area contributed by atoms with E-state index >= 15 is 0 Å². The Morgan fingerprint density at radius 3 is 2.26 bits per heavy atom. The molecule has 0 saturated heterocycles. The molecule has 23 heavy (non-hydrogen) atoms. The first-order valence-electron chi connectivity index (χ1n) is 7.19. The maximum atomic E-state index is 12.2. The first-order valence-corrected chi connectivity index (χ1v) is 7.19. The summed E-state index contributed by atoms with van der Waals surface area (Å²) in [6, 6.07) is 7.06. The summed E-state index contributed by atoms with van der Waals surface area (Å²) in [6.45, 7) is 3.35. The van der Waals surface area contributed by atoms with Crippen LogP contribution in [-0.2, 0) is 19.1 Å². The van der Waals surface area contributed by atoms with E-state index in [2.05, 4.69) is 5.32 Å². The standard InChI is InChI=1S/C16H17NO6/c1-3-21-15(19)13(16(20)22-4-2)17-14(18)12-9-10-7-5-6-8-11(10)23-12/h5-9,13H,3-4H2,1-2H3,(H,17,18). The molecule has 0 fully saturated rings. The predicted molar refractivity (Wildman–Crippen MR) is 80.7 cm³/mol. The molecule has 1 N–H and O–H groups in total. The summed E-state index contributed by atoms with van der Waals surface area (Å²) in [6.07, 6.45) is 0. The van der Waals surface area contributed by atoms with Gasteiger partial charge in [-0.25, -0.2) is 9.59 Å². The summed E-state index contributed by atoms with van der Waals surface area (Å²) in [5, 5.41) is 3.02. The van der Waals surface area contributed by atoms with Gasteiger partial charge in [-0.2, -0.15) is 0 Å². The molecule has 0 spiro atoms. The van der Waals surface area contributed by atoms with E-state index in [1.54, 1.807) is 38.1 Å². The van der Waals surface area contributed by atoms with E-state index in [9.17, 15) is 14.4 Å². The van der Waals surface area contributed by atoms with Crippen molar-refractivity contribution in [2.24, 2.45) is 0 Å². The van der Waals surface area contributed by atoms with Gasteiger partial charge >= 0.3 is 11.9 Å². The van der Waals surface area contributed by atoms with Crippen molar-refractivity contribution in [1.82, 2.24) is 5.32 Å². The van der Waals surface area contributed by atoms with Crippen LogP contribution in [0.4, 0.5) is 0 Å². The number of furan rings is 1. The highest BCUT2D eigenvalue weighted by atomic mass is 16.6. The second kappa shape index (κ2) is 7.44. The Hall–Kier alpha value is -2.83. The van der Waals surface area contributed by atoms with Crippen molar-refractivity contribution >= 4 is 28.8 Å². The van der Waals surface area contributed by atoms with Gasteiger partial charge in [0.05, 0.1) is 13.2 Å². The van der Waals surface area contributed by atoms with E-state index in [1.807, 2.05) is 0 Å². The van der Waals surface area contributed by atoms with Crippen molar-refractivity contribution in [3.05, 3.63) is 36.1 Å². The quantitative estimate of drug-likeness (QED) is 0.642. The fraction of sp³-hybridized carbons (Fsp3) is 0.312. The van der Waals surface area contributed by atoms with Crippen LogP contribution in [0.2, 0.25) is 0 Å². The molecule has 7 nitrogen and oxygen atoms in total. The predicted octanol–water partition coefficient (Wildman–Crippen LogP) is 1.66. The third-order valence-corrected chi connectivity index (χ3v) is 2.97. The monoisotopic (exact) mass is 319 g/mol. The maximum absolute atomic E-state index is 12.2. The number of amides is 1. The third kappa shape index (κ3) is 3.88. The summed E-state index contributed by atoms with van der Waals surface area (Å²) in [5.74, 6) is -2.47. The molecule has 7 heteroatoms. The molecular weight excluding hydrogens is 302 g/mol. The maximum Gasteiger partial charge on any atom is 0.340 e. The van der Waals surface area contributed by atoms with E-state index in [0.29, 0.717) is 5.58 Å². The van der Waals surface area contributed by atoms with Gasteiger partial charge in [0.2, 0.25) is 6.04 Å². The number of fused-ring (bicyclic) bond motifs is 1. The molecule has 0 bridgehead atoms. The van der Waals surface area contributed by atoms with Gasteiger partial charge in [-0.1, -0.05) is 18.2 Å². The van der Waals surface area contributed by atoms with Crippen molar-refractivity contribution in [2.75, 3.05) is 13.2 Å². The average molecular weight is 319 g/mol. The molecular formula is C16H17NO6. The minimum atomic E-state index is -1.53. The lowest BCUT2D eigenvalue weighted by atomic mass is 10.2. The van der Waals surface area contributed by atoms with E-state index < -0.39 is 23.9 Å². The Labute approximate surface area is 132 Å². The molecule has 0 aliphatic rings. The van der Waals surface area contributed by atoms with Gasteiger partial charge in [0.25, 0.3) is 5.91 Å². The number of rotatable bonds is 6. The highest BCUT2D eigenvalue weighted by molar-refractivity contribution is 6.05. The Kier molecular flexibility index (Phi) is 5.35. The number of carbonyl (C=O) groups is 3. The van der Waals surface area contributed by atoms with E-state index in [1.165, 1.54) is 6.07 Å². The smallest absolute Gasteiger partial charge is 0.340 e. The van der Waals surface area contributed by atoms with Crippen LogP contribution in [-0.4, -0.2) is 37.1 Å². The van der Waals surface area contributed by atoms with Gasteiger partial charge in [-0.15, -0.1) is 0 Å². The number of para-hydroxylation sites is 1. The van der Waals surface area contributed by atoms with Crippen LogP contribution >= 0.6 is 0 Å². The van der Waals surface area contributed by atoms with Gasteiger partial charge in [-0.05, 0) is 26.0 Å². The topological polar surface area (TPSA) is 94.8 Å². The first-order chi connectivity index (χ1) is 11.1. The molecule has 1 amide bonds. The molecule has 0 unspecified atom stereocenters. The lowest BCUT2D eigenvalue weighted by Crippen LogP contribution is -2.48. The Morgan fingerprint density at radius 2 is 1.70 bits per heavy atom. The van der Waals surface area contributed by atoms with E-state index in [-0.39, 0.29) is 19.0 Å². The fourth-order valence-corrected chi connectivity index (χ4v) is 1.96. The molecule has 1 aromatic heterocycles. The van der Waals surface area contributed by atoms with Crippen LogP contribution in [0.5, 0.6) is 0 Å². The Bertz CT molecular complexity index is 669.